The van der Waals surface area contributed by atoms with Gasteiger partial charge in [-0.15, -0.1) is 0 Å². The van der Waals surface area contributed by atoms with Crippen molar-refractivity contribution >= 4 is 45.9 Å². The molecule has 1 aliphatic rings. The van der Waals surface area contributed by atoms with Crippen molar-refractivity contribution in [2.24, 2.45) is 0 Å². The molecule has 8 nitrogen and oxygen atoms in total. The third-order valence-corrected chi connectivity index (χ3v) is 8.15. The Morgan fingerprint density at radius 3 is 2.47 bits per heavy atom. The van der Waals surface area contributed by atoms with Crippen LogP contribution < -0.4 is 10.0 Å². The maximum absolute atomic E-state index is 13.7. The molecule has 2 heterocycles. The SMILES string of the molecule is CP(C)(=O)c1cccc(Oc2c3c(c(O)c4ncncc24)C(=O)N(Cc2ccc4ccccc4c2)C3=O)c1. The van der Waals surface area contributed by atoms with E-state index in [1.807, 2.05) is 42.5 Å². The highest BCUT2D eigenvalue weighted by atomic mass is 31.2. The van der Waals surface area contributed by atoms with E-state index in [-0.39, 0.29) is 34.3 Å². The van der Waals surface area contributed by atoms with Gasteiger partial charge < -0.3 is 14.4 Å². The summed E-state index contributed by atoms with van der Waals surface area (Å²) in [6, 6.07) is 20.3. The largest absolute Gasteiger partial charge is 0.505 e. The lowest BCUT2D eigenvalue weighted by molar-refractivity contribution is 0.0641. The fourth-order valence-electron chi connectivity index (χ4n) is 4.71. The number of rotatable bonds is 5. The second kappa shape index (κ2) is 8.78. The van der Waals surface area contributed by atoms with Gasteiger partial charge in [0.25, 0.3) is 11.8 Å². The molecule has 0 saturated heterocycles. The minimum Gasteiger partial charge on any atom is -0.505 e. The van der Waals surface area contributed by atoms with E-state index in [2.05, 4.69) is 9.97 Å². The lowest BCUT2D eigenvalue weighted by Gasteiger charge is -2.15. The molecule has 0 bridgehead atoms. The molecule has 9 heteroatoms. The Kier molecular flexibility index (Phi) is 5.51. The standard InChI is InChI=1S/C29H22N3O5P/c1-38(2,36)21-9-5-8-20(13-21)37-27-22-14-30-16-31-25(22)26(33)23-24(27)29(35)32(28(23)34)15-17-10-11-18-6-3-4-7-19(18)12-17/h3-14,16,33H,15H2,1-2H3. The molecular weight excluding hydrogens is 501 g/mol. The van der Waals surface area contributed by atoms with Crippen LogP contribution in [0.2, 0.25) is 0 Å². The molecule has 6 rings (SSSR count). The van der Waals surface area contributed by atoms with Crippen LogP contribution in [0.3, 0.4) is 0 Å². The van der Waals surface area contributed by atoms with Crippen molar-refractivity contribution in [2.75, 3.05) is 13.3 Å². The zero-order valence-corrected chi connectivity index (χ0v) is 21.5. The summed E-state index contributed by atoms with van der Waals surface area (Å²) in [4.78, 5) is 36.6. The average Bonchev–Trinajstić information content (AvgIpc) is 3.16. The number of aromatic hydroxyl groups is 1. The fraction of sp³-hybridized carbons (Fsp3) is 0.103. The van der Waals surface area contributed by atoms with Gasteiger partial charge in [-0.05, 0) is 47.9 Å². The summed E-state index contributed by atoms with van der Waals surface area (Å²) >= 11 is 0. The van der Waals surface area contributed by atoms with Crippen molar-refractivity contribution in [1.82, 2.24) is 14.9 Å². The molecule has 188 valence electrons. The van der Waals surface area contributed by atoms with Gasteiger partial charge in [0.1, 0.15) is 35.9 Å². The number of amides is 2. The number of phenolic OH excluding ortho intramolecular Hbond substituents is 1. The van der Waals surface area contributed by atoms with Crippen LogP contribution in [-0.4, -0.2) is 45.1 Å². The van der Waals surface area contributed by atoms with Crippen LogP contribution in [0.1, 0.15) is 26.3 Å². The maximum atomic E-state index is 13.7. The van der Waals surface area contributed by atoms with Crippen LogP contribution >= 0.6 is 7.14 Å². The highest BCUT2D eigenvalue weighted by molar-refractivity contribution is 7.70. The summed E-state index contributed by atoms with van der Waals surface area (Å²) in [5, 5.41) is 14.0. The van der Waals surface area contributed by atoms with Crippen molar-refractivity contribution in [2.45, 2.75) is 6.54 Å². The van der Waals surface area contributed by atoms with Crippen LogP contribution in [0, 0.1) is 0 Å². The van der Waals surface area contributed by atoms with Crippen molar-refractivity contribution in [3.63, 3.8) is 0 Å². The highest BCUT2D eigenvalue weighted by Crippen LogP contribution is 2.45. The average molecular weight is 523 g/mol. The number of carbonyl (C=O) groups is 2. The Morgan fingerprint density at radius 1 is 0.921 bits per heavy atom. The van der Waals surface area contributed by atoms with Crippen LogP contribution in [-0.2, 0) is 11.1 Å². The van der Waals surface area contributed by atoms with Gasteiger partial charge in [0.15, 0.2) is 11.5 Å². The number of phenols is 1. The second-order valence-corrected chi connectivity index (χ2v) is 12.8. The molecule has 1 N–H and O–H groups in total. The number of carbonyl (C=O) groups excluding carboxylic acids is 2. The first kappa shape index (κ1) is 23.8. The predicted molar refractivity (Wildman–Crippen MR) is 145 cm³/mol. The molecule has 0 aliphatic carbocycles. The molecule has 0 atom stereocenters. The number of hydrogen-bond donors (Lipinski definition) is 1. The van der Waals surface area contributed by atoms with Gasteiger partial charge in [-0.2, -0.15) is 0 Å². The van der Waals surface area contributed by atoms with Crippen LogP contribution in [0.25, 0.3) is 21.7 Å². The van der Waals surface area contributed by atoms with E-state index in [1.165, 1.54) is 12.5 Å². The van der Waals surface area contributed by atoms with Gasteiger partial charge in [-0.25, -0.2) is 9.97 Å². The first-order valence-corrected chi connectivity index (χ1v) is 14.5. The number of nitrogens with zero attached hydrogens (tertiary/aromatic N) is 3. The lowest BCUT2D eigenvalue weighted by Crippen LogP contribution is -2.29. The van der Waals surface area contributed by atoms with Crippen LogP contribution in [0.15, 0.2) is 79.3 Å². The molecule has 2 amide bonds. The first-order chi connectivity index (χ1) is 18.2. The van der Waals surface area contributed by atoms with Gasteiger partial charge in [0, 0.05) is 11.5 Å². The summed E-state index contributed by atoms with van der Waals surface area (Å²) in [6.07, 6.45) is 2.67. The number of benzene rings is 4. The first-order valence-electron chi connectivity index (χ1n) is 11.9. The summed E-state index contributed by atoms with van der Waals surface area (Å²) in [5.41, 5.74) is 0.635. The number of aromatic nitrogens is 2. The van der Waals surface area contributed by atoms with E-state index in [4.69, 9.17) is 4.74 Å². The van der Waals surface area contributed by atoms with Crippen molar-refractivity contribution < 1.29 is 24.0 Å². The Balaban J connectivity index is 1.47. The Hall–Kier alpha value is -4.55. The molecule has 0 fully saturated rings. The Bertz CT molecular complexity index is 1850. The van der Waals surface area contributed by atoms with Gasteiger partial charge in [-0.1, -0.05) is 48.5 Å². The van der Waals surface area contributed by atoms with Gasteiger partial charge >= 0.3 is 0 Å². The molecule has 1 aliphatic heterocycles. The molecule has 0 spiro atoms. The third-order valence-electron chi connectivity index (χ3n) is 6.63. The molecule has 0 saturated carbocycles. The third kappa shape index (κ3) is 3.90. The Morgan fingerprint density at radius 2 is 1.68 bits per heavy atom. The number of hydrogen-bond acceptors (Lipinski definition) is 7. The predicted octanol–water partition coefficient (Wildman–Crippen LogP) is 5.33. The monoisotopic (exact) mass is 523 g/mol. The smallest absolute Gasteiger partial charge is 0.265 e. The van der Waals surface area contributed by atoms with E-state index >= 15 is 0 Å². The minimum absolute atomic E-state index is 0.0163. The lowest BCUT2D eigenvalue weighted by atomic mass is 10.0. The highest BCUT2D eigenvalue weighted by Gasteiger charge is 2.42. The number of fused-ring (bicyclic) bond motifs is 3. The maximum Gasteiger partial charge on any atom is 0.265 e. The van der Waals surface area contributed by atoms with Gasteiger partial charge in [-0.3, -0.25) is 14.5 Å². The summed E-state index contributed by atoms with van der Waals surface area (Å²) < 4.78 is 18.8. The van der Waals surface area contributed by atoms with Gasteiger partial charge in [0.05, 0.1) is 11.9 Å². The molecule has 0 unspecified atom stereocenters. The minimum atomic E-state index is -2.58. The van der Waals surface area contributed by atoms with Crippen molar-refractivity contribution in [3.8, 4) is 17.2 Å². The van der Waals surface area contributed by atoms with Crippen LogP contribution in [0.5, 0.6) is 17.2 Å². The molecule has 0 radical (unpaired) electrons. The topological polar surface area (TPSA) is 110 Å². The summed E-state index contributed by atoms with van der Waals surface area (Å²) in [7, 11) is -2.58. The van der Waals surface area contributed by atoms with E-state index in [1.54, 1.807) is 37.6 Å². The van der Waals surface area contributed by atoms with Crippen LogP contribution in [0.4, 0.5) is 0 Å². The number of imide groups is 1. The summed E-state index contributed by atoms with van der Waals surface area (Å²) in [5.74, 6) is -1.24. The second-order valence-electron chi connectivity index (χ2n) is 9.54. The molecular formula is C29H22N3O5P. The normalized spacial score (nSPS) is 13.4. The summed E-state index contributed by atoms with van der Waals surface area (Å²) in [6.45, 7) is 3.32. The fourth-order valence-corrected chi connectivity index (χ4v) is 5.60. The van der Waals surface area contributed by atoms with Crippen molar-refractivity contribution in [1.29, 1.82) is 0 Å². The van der Waals surface area contributed by atoms with E-state index in [0.717, 1.165) is 21.2 Å². The molecule has 1 aromatic heterocycles. The van der Waals surface area contributed by atoms with Gasteiger partial charge in [0.2, 0.25) is 0 Å². The van der Waals surface area contributed by atoms with E-state index in [9.17, 15) is 19.3 Å². The van der Waals surface area contributed by atoms with Crippen molar-refractivity contribution in [3.05, 3.63) is 95.9 Å². The van der Waals surface area contributed by atoms with E-state index in [0.29, 0.717) is 11.1 Å². The Labute approximate surface area is 217 Å². The zero-order chi connectivity index (χ0) is 26.6. The zero-order valence-electron chi connectivity index (χ0n) is 20.6. The molecule has 4 aromatic carbocycles. The quantitative estimate of drug-likeness (QED) is 0.245. The molecule has 38 heavy (non-hydrogen) atoms. The van der Waals surface area contributed by atoms with E-state index < -0.39 is 24.7 Å². The number of ether oxygens (including phenoxy) is 1. The molecule has 5 aromatic rings.